The van der Waals surface area contributed by atoms with E-state index in [1.54, 1.807) is 19.5 Å². The molecule has 0 aliphatic heterocycles. The molecule has 2 aliphatic rings. The number of ether oxygens (including phenoxy) is 1. The van der Waals surface area contributed by atoms with Crippen molar-refractivity contribution < 1.29 is 4.74 Å². The number of fused-ring (bicyclic) bond motifs is 2. The second-order valence-corrected chi connectivity index (χ2v) is 7.99. The molecule has 0 radical (unpaired) electrons. The molecule has 4 rings (SSSR count). The molecule has 0 aromatic carbocycles. The van der Waals surface area contributed by atoms with Gasteiger partial charge in [-0.25, -0.2) is 9.97 Å². The fraction of sp³-hybridized carbons (Fsp3) is 0.500. The van der Waals surface area contributed by atoms with E-state index in [1.807, 2.05) is 12.1 Å². The summed E-state index contributed by atoms with van der Waals surface area (Å²) in [6.07, 6.45) is 8.72. The second kappa shape index (κ2) is 7.24. The highest BCUT2D eigenvalue weighted by molar-refractivity contribution is 5.53. The Balaban J connectivity index is 1.45. The Morgan fingerprint density at radius 1 is 1.25 bits per heavy atom. The van der Waals surface area contributed by atoms with Gasteiger partial charge in [0.1, 0.15) is 17.5 Å². The average molecular weight is 379 g/mol. The van der Waals surface area contributed by atoms with Crippen molar-refractivity contribution in [1.82, 2.24) is 15.0 Å². The Bertz CT molecular complexity index is 900. The number of aromatic nitrogens is 3. The second-order valence-electron chi connectivity index (χ2n) is 7.99. The SMILES string of the molecule is COc1ncccc1CNc1ncc(C#N)c(NCC23CCC(N)(CC2)C3)n1. The smallest absolute Gasteiger partial charge is 0.224 e. The standard InChI is InChI=1S/C20H25N7O/c1-28-17-14(3-2-8-23-17)10-24-18-25-11-15(9-21)16(27-18)26-13-19-4-6-20(22,12-19)7-5-19/h2-3,8,11H,4-7,10,12-13,22H2,1H3,(H2,24,25,26,27). The summed E-state index contributed by atoms with van der Waals surface area (Å²) in [6.45, 7) is 1.26. The number of anilines is 2. The predicted octanol–water partition coefficient (Wildman–Crippen LogP) is 2.44. The molecule has 146 valence electrons. The van der Waals surface area contributed by atoms with Crippen LogP contribution in [0.5, 0.6) is 5.88 Å². The van der Waals surface area contributed by atoms with Gasteiger partial charge in [-0.15, -0.1) is 0 Å². The van der Waals surface area contributed by atoms with Gasteiger partial charge in [0.25, 0.3) is 0 Å². The first-order chi connectivity index (χ1) is 13.5. The summed E-state index contributed by atoms with van der Waals surface area (Å²) in [5.41, 5.74) is 8.01. The summed E-state index contributed by atoms with van der Waals surface area (Å²) in [7, 11) is 1.59. The molecule has 2 heterocycles. The minimum atomic E-state index is 0.0148. The summed E-state index contributed by atoms with van der Waals surface area (Å²) in [5.74, 6) is 1.58. The third kappa shape index (κ3) is 3.58. The molecule has 8 heteroatoms. The first-order valence-corrected chi connectivity index (χ1v) is 9.57. The van der Waals surface area contributed by atoms with Crippen LogP contribution in [0.4, 0.5) is 11.8 Å². The Morgan fingerprint density at radius 3 is 2.75 bits per heavy atom. The Labute approximate surface area is 164 Å². The summed E-state index contributed by atoms with van der Waals surface area (Å²) in [4.78, 5) is 13.0. The van der Waals surface area contributed by atoms with Crippen LogP contribution in [0.1, 0.15) is 43.2 Å². The first-order valence-electron chi connectivity index (χ1n) is 9.57. The maximum absolute atomic E-state index is 9.41. The van der Waals surface area contributed by atoms with E-state index in [0.29, 0.717) is 29.8 Å². The van der Waals surface area contributed by atoms with Crippen molar-refractivity contribution in [2.75, 3.05) is 24.3 Å². The third-order valence-electron chi connectivity index (χ3n) is 6.05. The predicted molar refractivity (Wildman–Crippen MR) is 106 cm³/mol. The van der Waals surface area contributed by atoms with Gasteiger partial charge in [-0.1, -0.05) is 6.07 Å². The van der Waals surface area contributed by atoms with Crippen molar-refractivity contribution in [1.29, 1.82) is 5.26 Å². The van der Waals surface area contributed by atoms with Crippen LogP contribution in [0.2, 0.25) is 0 Å². The van der Waals surface area contributed by atoms with Gasteiger partial charge in [0, 0.05) is 30.4 Å². The quantitative estimate of drug-likeness (QED) is 0.670. The van der Waals surface area contributed by atoms with Crippen molar-refractivity contribution in [3.8, 4) is 11.9 Å². The molecule has 4 N–H and O–H groups in total. The van der Waals surface area contributed by atoms with E-state index in [9.17, 15) is 5.26 Å². The van der Waals surface area contributed by atoms with Crippen LogP contribution in [-0.4, -0.2) is 34.1 Å². The number of nitrogens with one attached hydrogen (secondary N) is 2. The molecule has 8 nitrogen and oxygen atoms in total. The molecule has 0 unspecified atom stereocenters. The molecule has 2 saturated carbocycles. The number of hydrogen-bond acceptors (Lipinski definition) is 8. The fourth-order valence-corrected chi connectivity index (χ4v) is 4.49. The molecule has 0 atom stereocenters. The number of hydrogen-bond donors (Lipinski definition) is 3. The van der Waals surface area contributed by atoms with E-state index in [2.05, 4.69) is 31.7 Å². The molecule has 2 bridgehead atoms. The molecule has 28 heavy (non-hydrogen) atoms. The molecule has 0 spiro atoms. The average Bonchev–Trinajstić information content (AvgIpc) is 3.25. The maximum Gasteiger partial charge on any atom is 0.224 e. The molecule has 2 aromatic heterocycles. The van der Waals surface area contributed by atoms with Gasteiger partial charge < -0.3 is 21.1 Å². The topological polar surface area (TPSA) is 122 Å². The molecule has 0 amide bonds. The number of pyridine rings is 1. The number of nitrogens with two attached hydrogens (primary N) is 1. The fourth-order valence-electron chi connectivity index (χ4n) is 4.49. The maximum atomic E-state index is 9.41. The molecule has 0 saturated heterocycles. The summed E-state index contributed by atoms with van der Waals surface area (Å²) in [5, 5.41) is 16.0. The zero-order valence-electron chi connectivity index (χ0n) is 16.0. The van der Waals surface area contributed by atoms with Gasteiger partial charge in [-0.05, 0) is 43.6 Å². The lowest BCUT2D eigenvalue weighted by molar-refractivity contribution is 0.313. The van der Waals surface area contributed by atoms with Crippen LogP contribution >= 0.6 is 0 Å². The molecular formula is C20H25N7O. The van der Waals surface area contributed by atoms with E-state index < -0.39 is 0 Å². The lowest BCUT2D eigenvalue weighted by Crippen LogP contribution is -2.33. The lowest BCUT2D eigenvalue weighted by Gasteiger charge is -2.27. The largest absolute Gasteiger partial charge is 0.481 e. The van der Waals surface area contributed by atoms with E-state index in [-0.39, 0.29) is 11.0 Å². The normalized spacial score (nSPS) is 25.3. The Morgan fingerprint density at radius 2 is 2.07 bits per heavy atom. The minimum absolute atomic E-state index is 0.0148. The molecule has 2 aromatic rings. The van der Waals surface area contributed by atoms with Crippen molar-refractivity contribution in [2.24, 2.45) is 11.1 Å². The van der Waals surface area contributed by atoms with Gasteiger partial charge in [-0.2, -0.15) is 10.2 Å². The van der Waals surface area contributed by atoms with Crippen LogP contribution in [0.3, 0.4) is 0 Å². The highest BCUT2D eigenvalue weighted by Gasteiger charge is 2.51. The van der Waals surface area contributed by atoms with Crippen LogP contribution in [-0.2, 0) is 6.54 Å². The number of nitriles is 1. The Kier molecular flexibility index (Phi) is 4.77. The summed E-state index contributed by atoms with van der Waals surface area (Å²) >= 11 is 0. The van der Waals surface area contributed by atoms with E-state index in [4.69, 9.17) is 10.5 Å². The van der Waals surface area contributed by atoms with Crippen molar-refractivity contribution in [3.63, 3.8) is 0 Å². The minimum Gasteiger partial charge on any atom is -0.481 e. The van der Waals surface area contributed by atoms with Gasteiger partial charge >= 0.3 is 0 Å². The molecule has 2 fully saturated rings. The highest BCUT2D eigenvalue weighted by Crippen LogP contribution is 2.55. The van der Waals surface area contributed by atoms with E-state index >= 15 is 0 Å². The summed E-state index contributed by atoms with van der Waals surface area (Å²) < 4.78 is 5.27. The van der Waals surface area contributed by atoms with Gasteiger partial charge in [0.2, 0.25) is 11.8 Å². The van der Waals surface area contributed by atoms with Crippen LogP contribution < -0.4 is 21.1 Å². The van der Waals surface area contributed by atoms with Crippen molar-refractivity contribution in [3.05, 3.63) is 35.7 Å². The van der Waals surface area contributed by atoms with Crippen molar-refractivity contribution >= 4 is 11.8 Å². The summed E-state index contributed by atoms with van der Waals surface area (Å²) in [6, 6.07) is 5.95. The third-order valence-corrected chi connectivity index (χ3v) is 6.05. The first kappa shape index (κ1) is 18.4. The molecule has 2 aliphatic carbocycles. The van der Waals surface area contributed by atoms with E-state index in [1.165, 1.54) is 0 Å². The van der Waals surface area contributed by atoms with Gasteiger partial charge in [-0.3, -0.25) is 0 Å². The zero-order chi connectivity index (χ0) is 19.6. The number of nitrogens with zero attached hydrogens (tertiary/aromatic N) is 4. The van der Waals surface area contributed by atoms with Crippen molar-refractivity contribution in [2.45, 2.75) is 44.2 Å². The Hall–Kier alpha value is -2.92. The van der Waals surface area contributed by atoms with Crippen LogP contribution in [0.25, 0.3) is 0 Å². The number of rotatable bonds is 7. The van der Waals surface area contributed by atoms with Gasteiger partial charge in [0.05, 0.1) is 13.3 Å². The van der Waals surface area contributed by atoms with Crippen LogP contribution in [0.15, 0.2) is 24.5 Å². The van der Waals surface area contributed by atoms with Gasteiger partial charge in [0.15, 0.2) is 0 Å². The lowest BCUT2D eigenvalue weighted by atomic mass is 9.84. The van der Waals surface area contributed by atoms with E-state index in [0.717, 1.165) is 44.2 Å². The highest BCUT2D eigenvalue weighted by atomic mass is 16.5. The monoisotopic (exact) mass is 379 g/mol. The number of methoxy groups -OCH3 is 1. The van der Waals surface area contributed by atoms with Crippen LogP contribution in [0, 0.1) is 16.7 Å². The zero-order valence-corrected chi connectivity index (χ0v) is 16.0. The molecular weight excluding hydrogens is 354 g/mol.